The first kappa shape index (κ1) is 17.8. The summed E-state index contributed by atoms with van der Waals surface area (Å²) in [5.74, 6) is -0.673. The van der Waals surface area contributed by atoms with Crippen LogP contribution in [0.5, 0.6) is 0 Å². The molecule has 0 saturated heterocycles. The summed E-state index contributed by atoms with van der Waals surface area (Å²) in [7, 11) is 3.81. The van der Waals surface area contributed by atoms with Gasteiger partial charge in [-0.2, -0.15) is 4.65 Å². The Morgan fingerprint density at radius 3 is 2.32 bits per heavy atom. The summed E-state index contributed by atoms with van der Waals surface area (Å²) in [5.41, 5.74) is 0.603. The van der Waals surface area contributed by atoms with Crippen molar-refractivity contribution in [2.45, 2.75) is 39.0 Å². The molecule has 0 heterocycles. The number of Topliss-reactive ketones (excluding diaryl/α,β-unsaturated/α-hetero) is 1. The summed E-state index contributed by atoms with van der Waals surface area (Å²) in [6, 6.07) is 0. The molecule has 0 fully saturated rings. The fraction of sp³-hybridized carbons (Fsp3) is 0.714. The van der Waals surface area contributed by atoms with Crippen LogP contribution in [-0.4, -0.2) is 48.8 Å². The fourth-order valence-electron chi connectivity index (χ4n) is 1.59. The van der Waals surface area contributed by atoms with Gasteiger partial charge in [-0.15, -0.1) is 0 Å². The highest BCUT2D eigenvalue weighted by molar-refractivity contribution is 5.93. The van der Waals surface area contributed by atoms with Crippen LogP contribution in [0.25, 0.3) is 0 Å². The predicted molar refractivity (Wildman–Crippen MR) is 73.5 cm³/mol. The van der Waals surface area contributed by atoms with Gasteiger partial charge in [-0.25, -0.2) is 4.84 Å². The molecule has 0 bridgehead atoms. The van der Waals surface area contributed by atoms with Gasteiger partial charge in [0, 0.05) is 12.8 Å². The van der Waals surface area contributed by atoms with E-state index >= 15 is 0 Å². The number of carbonyl (C=O) groups is 2. The molecule has 0 aromatic carbocycles. The number of carboxylic acids is 1. The lowest BCUT2D eigenvalue weighted by atomic mass is 10.1. The molecule has 1 N–H and O–H groups in total. The molecule has 110 valence electrons. The summed E-state index contributed by atoms with van der Waals surface area (Å²) in [6.45, 7) is 6.57. The summed E-state index contributed by atoms with van der Waals surface area (Å²) in [4.78, 5) is 27.4. The van der Waals surface area contributed by atoms with Gasteiger partial charge in [-0.1, -0.05) is 6.58 Å². The lowest BCUT2D eigenvalue weighted by molar-refractivity contribution is -1.08. The number of aliphatic carboxylic acids is 1. The second-order valence-corrected chi connectivity index (χ2v) is 5.29. The van der Waals surface area contributed by atoms with E-state index in [2.05, 4.69) is 6.58 Å². The van der Waals surface area contributed by atoms with E-state index in [1.54, 1.807) is 6.92 Å². The number of hydroxylamine groups is 3. The largest absolute Gasteiger partial charge is 0.481 e. The second-order valence-electron chi connectivity index (χ2n) is 5.29. The maximum Gasteiger partial charge on any atom is 0.303 e. The molecular weight excluding hydrogens is 246 g/mol. The molecule has 0 aromatic rings. The van der Waals surface area contributed by atoms with Gasteiger partial charge < -0.3 is 5.11 Å². The number of hydrogen-bond acceptors (Lipinski definition) is 3. The first-order chi connectivity index (χ1) is 8.74. The minimum Gasteiger partial charge on any atom is -0.481 e. The van der Waals surface area contributed by atoms with Gasteiger partial charge in [-0.05, 0) is 25.3 Å². The van der Waals surface area contributed by atoms with Gasteiger partial charge in [0.2, 0.25) is 0 Å². The van der Waals surface area contributed by atoms with E-state index in [1.807, 2.05) is 14.1 Å². The molecule has 0 atom stereocenters. The quantitative estimate of drug-likeness (QED) is 0.271. The summed E-state index contributed by atoms with van der Waals surface area (Å²) < 4.78 is 0.349. The number of nitrogens with zero attached hydrogens (tertiary/aromatic N) is 1. The smallest absolute Gasteiger partial charge is 0.303 e. The van der Waals surface area contributed by atoms with Crippen LogP contribution in [0.3, 0.4) is 0 Å². The van der Waals surface area contributed by atoms with Crippen LogP contribution in [0.1, 0.15) is 39.0 Å². The number of carbonyl (C=O) groups excluding carboxylic acids is 1. The van der Waals surface area contributed by atoms with E-state index in [0.717, 1.165) is 12.8 Å². The topological polar surface area (TPSA) is 63.6 Å². The average molecular weight is 272 g/mol. The lowest BCUT2D eigenvalue weighted by Gasteiger charge is -2.26. The molecule has 0 unspecified atom stereocenters. The molecule has 0 aromatic heterocycles. The average Bonchev–Trinajstić information content (AvgIpc) is 2.27. The van der Waals surface area contributed by atoms with Crippen molar-refractivity contribution in [2.75, 3.05) is 27.2 Å². The van der Waals surface area contributed by atoms with Crippen molar-refractivity contribution >= 4 is 11.8 Å². The van der Waals surface area contributed by atoms with E-state index in [9.17, 15) is 9.59 Å². The van der Waals surface area contributed by atoms with Crippen LogP contribution < -0.4 is 0 Å². The Morgan fingerprint density at radius 2 is 1.79 bits per heavy atom. The van der Waals surface area contributed by atoms with Crippen molar-refractivity contribution in [3.63, 3.8) is 0 Å². The monoisotopic (exact) mass is 272 g/mol. The van der Waals surface area contributed by atoms with Crippen molar-refractivity contribution in [1.82, 2.24) is 0 Å². The molecule has 0 spiro atoms. The maximum atomic E-state index is 11.3. The van der Waals surface area contributed by atoms with Crippen molar-refractivity contribution in [3.8, 4) is 0 Å². The number of hydrogen-bond donors (Lipinski definition) is 1. The van der Waals surface area contributed by atoms with Gasteiger partial charge in [0.15, 0.2) is 5.78 Å². The summed E-state index contributed by atoms with van der Waals surface area (Å²) in [5, 5.41) is 8.57. The van der Waals surface area contributed by atoms with Crippen LogP contribution in [0.2, 0.25) is 0 Å². The maximum absolute atomic E-state index is 11.3. The van der Waals surface area contributed by atoms with E-state index in [1.165, 1.54) is 0 Å². The Kier molecular flexibility index (Phi) is 8.27. The Bertz CT molecular complexity index is 323. The number of quaternary nitrogens is 1. The molecule has 0 amide bonds. The number of allylic oxidation sites excluding steroid dienone is 1. The van der Waals surface area contributed by atoms with Crippen molar-refractivity contribution in [1.29, 1.82) is 0 Å². The van der Waals surface area contributed by atoms with Crippen LogP contribution in [0.4, 0.5) is 0 Å². The zero-order valence-electron chi connectivity index (χ0n) is 12.3. The molecule has 0 aliphatic carbocycles. The van der Waals surface area contributed by atoms with Crippen LogP contribution in [-0.2, 0) is 14.4 Å². The van der Waals surface area contributed by atoms with Crippen LogP contribution in [0.15, 0.2) is 12.2 Å². The zero-order valence-corrected chi connectivity index (χ0v) is 12.3. The lowest BCUT2D eigenvalue weighted by Crippen LogP contribution is -2.40. The van der Waals surface area contributed by atoms with Crippen LogP contribution in [0, 0.1) is 0 Å². The molecule has 0 rings (SSSR count). The highest BCUT2D eigenvalue weighted by atomic mass is 16.7. The Balaban J connectivity index is 3.66. The molecule has 0 aliphatic rings. The number of carboxylic acid groups (broad SMARTS) is 1. The third kappa shape index (κ3) is 10.4. The molecule has 0 aliphatic heterocycles. The third-order valence-corrected chi connectivity index (χ3v) is 2.80. The Labute approximate surface area is 115 Å². The van der Waals surface area contributed by atoms with E-state index in [-0.39, 0.29) is 12.2 Å². The minimum absolute atomic E-state index is 0.107. The number of unbranched alkanes of at least 4 members (excludes halogenated alkanes) is 1. The van der Waals surface area contributed by atoms with E-state index in [4.69, 9.17) is 9.94 Å². The summed E-state index contributed by atoms with van der Waals surface area (Å²) in [6.07, 6.45) is 2.89. The second kappa shape index (κ2) is 8.82. The summed E-state index contributed by atoms with van der Waals surface area (Å²) >= 11 is 0. The molecule has 19 heavy (non-hydrogen) atoms. The van der Waals surface area contributed by atoms with Gasteiger partial charge >= 0.3 is 5.97 Å². The standard InChI is InChI=1S/C14H25NO4/c1-12(2)13(16)8-5-6-11-19-15(3,4)10-7-9-14(17)18/h1,5-11H2,2-4H3/p+1. The third-order valence-electron chi connectivity index (χ3n) is 2.80. The number of rotatable bonds is 11. The number of ketones is 1. The highest BCUT2D eigenvalue weighted by Crippen LogP contribution is 2.07. The van der Waals surface area contributed by atoms with Crippen molar-refractivity contribution < 1.29 is 24.2 Å². The van der Waals surface area contributed by atoms with Gasteiger partial charge in [0.05, 0.1) is 20.5 Å². The van der Waals surface area contributed by atoms with Gasteiger partial charge in [0.1, 0.15) is 13.2 Å². The molecule has 0 radical (unpaired) electrons. The Morgan fingerprint density at radius 1 is 1.16 bits per heavy atom. The Hall–Kier alpha value is -1.20. The first-order valence-electron chi connectivity index (χ1n) is 6.62. The van der Waals surface area contributed by atoms with Crippen molar-refractivity contribution in [2.24, 2.45) is 0 Å². The minimum atomic E-state index is -0.779. The normalized spacial score (nSPS) is 11.3. The van der Waals surface area contributed by atoms with Crippen molar-refractivity contribution in [3.05, 3.63) is 12.2 Å². The van der Waals surface area contributed by atoms with Gasteiger partial charge in [-0.3, -0.25) is 9.59 Å². The first-order valence-corrected chi connectivity index (χ1v) is 6.62. The molecular formula is C14H26NO4+. The zero-order chi connectivity index (χ0) is 14.9. The van der Waals surface area contributed by atoms with Crippen LogP contribution >= 0.6 is 0 Å². The highest BCUT2D eigenvalue weighted by Gasteiger charge is 2.17. The molecule has 0 saturated carbocycles. The van der Waals surface area contributed by atoms with E-state index in [0.29, 0.717) is 36.2 Å². The SMILES string of the molecule is C=C(C)C(=O)CCCCO[N+](C)(C)CCCC(=O)O. The van der Waals surface area contributed by atoms with Gasteiger partial charge in [0.25, 0.3) is 0 Å². The molecule has 5 nitrogen and oxygen atoms in total. The predicted octanol–water partition coefficient (Wildman–Crippen LogP) is 2.17. The molecule has 5 heteroatoms. The fourth-order valence-corrected chi connectivity index (χ4v) is 1.59. The van der Waals surface area contributed by atoms with E-state index < -0.39 is 5.97 Å².